The zero-order valence-corrected chi connectivity index (χ0v) is 16.3. The molecule has 3 aromatic rings. The molecule has 0 aliphatic heterocycles. The van der Waals surface area contributed by atoms with Crippen molar-refractivity contribution in [2.45, 2.75) is 20.3 Å². The Labute approximate surface area is 165 Å². The van der Waals surface area contributed by atoms with E-state index in [0.717, 1.165) is 23.5 Å². The Morgan fingerprint density at radius 2 is 2.11 bits per heavy atom. The van der Waals surface area contributed by atoms with E-state index in [-0.39, 0.29) is 5.69 Å². The van der Waals surface area contributed by atoms with Crippen LogP contribution in [0, 0.1) is 28.4 Å². The molecule has 3 rings (SSSR count). The van der Waals surface area contributed by atoms with Crippen molar-refractivity contribution in [1.29, 1.82) is 5.26 Å². The number of aryl methyl sites for hydroxylation is 1. The van der Waals surface area contributed by atoms with Crippen LogP contribution in [-0.4, -0.2) is 23.0 Å². The van der Waals surface area contributed by atoms with Crippen molar-refractivity contribution in [3.63, 3.8) is 0 Å². The first-order chi connectivity index (χ1) is 13.5. The Balaban J connectivity index is 1.81. The van der Waals surface area contributed by atoms with Crippen molar-refractivity contribution in [2.75, 3.05) is 18.0 Å². The van der Waals surface area contributed by atoms with E-state index in [1.54, 1.807) is 6.07 Å². The molecule has 2 aromatic carbocycles. The summed E-state index contributed by atoms with van der Waals surface area (Å²) in [6.07, 6.45) is 0.476. The third kappa shape index (κ3) is 4.29. The molecule has 1 heterocycles. The molecule has 0 aliphatic rings. The van der Waals surface area contributed by atoms with Crippen LogP contribution < -0.4 is 4.90 Å². The summed E-state index contributed by atoms with van der Waals surface area (Å²) in [5.41, 5.74) is 3.43. The minimum absolute atomic E-state index is 0.0305. The average Bonchev–Trinajstić information content (AvgIpc) is 3.10. The summed E-state index contributed by atoms with van der Waals surface area (Å²) in [5, 5.41) is 28.6. The Morgan fingerprint density at radius 1 is 1.29 bits per heavy atom. The first-order valence-corrected chi connectivity index (χ1v) is 9.52. The fraction of sp³-hybridized carbons (Fsp3) is 0.263. The van der Waals surface area contributed by atoms with Gasteiger partial charge in [-0.25, -0.2) is 4.98 Å². The van der Waals surface area contributed by atoms with Crippen LogP contribution in [0.1, 0.15) is 18.9 Å². The molecule has 0 radical (unpaired) electrons. The number of aromatic nitrogens is 1. The number of nitro groups is 1. The number of benzene rings is 2. The Bertz CT molecular complexity index is 1090. The molecular weight excluding hydrogens is 376 g/mol. The number of nitro benzene ring substituents is 1. The lowest BCUT2D eigenvalue weighted by Gasteiger charge is -2.22. The molecule has 1 aromatic heterocycles. The molecule has 0 unspecified atom stereocenters. The van der Waals surface area contributed by atoms with Gasteiger partial charge in [-0.3, -0.25) is 10.1 Å². The number of anilines is 1. The minimum atomic E-state index is -0.429. The largest absolute Gasteiger partial charge is 0.371 e. The molecule has 142 valence electrons. The quantitative estimate of drug-likeness (QED) is 0.291. The first kappa shape index (κ1) is 19.4. The van der Waals surface area contributed by atoms with E-state index < -0.39 is 4.92 Å². The van der Waals surface area contributed by atoms with E-state index in [9.17, 15) is 10.1 Å². The number of fused-ring (bicyclic) bond motifs is 1. The van der Waals surface area contributed by atoms with Crippen LogP contribution in [-0.2, 0) is 0 Å². The van der Waals surface area contributed by atoms with Gasteiger partial charge in [0.15, 0.2) is 0 Å². The zero-order valence-electron chi connectivity index (χ0n) is 15.5. The molecule has 0 saturated heterocycles. The number of nitriles is 1. The maximum atomic E-state index is 10.9. The van der Waals surface area contributed by atoms with E-state index in [1.807, 2.05) is 25.1 Å². The number of azo groups is 1. The summed E-state index contributed by atoms with van der Waals surface area (Å²) in [5.74, 6) is 0. The van der Waals surface area contributed by atoms with Crippen LogP contribution in [0.3, 0.4) is 0 Å². The highest BCUT2D eigenvalue weighted by Crippen LogP contribution is 2.32. The normalized spacial score (nSPS) is 11.0. The van der Waals surface area contributed by atoms with Crippen LogP contribution in [0.15, 0.2) is 46.6 Å². The smallest absolute Gasteiger partial charge is 0.270 e. The van der Waals surface area contributed by atoms with Crippen molar-refractivity contribution in [1.82, 2.24) is 4.98 Å². The molecule has 0 spiro atoms. The van der Waals surface area contributed by atoms with Crippen LogP contribution in [0.4, 0.5) is 22.2 Å². The second kappa shape index (κ2) is 8.54. The Hall–Kier alpha value is -3.38. The van der Waals surface area contributed by atoms with E-state index >= 15 is 0 Å². The van der Waals surface area contributed by atoms with Gasteiger partial charge in [-0.05, 0) is 43.7 Å². The molecule has 0 atom stereocenters. The van der Waals surface area contributed by atoms with Gasteiger partial charge in [0.25, 0.3) is 5.69 Å². The van der Waals surface area contributed by atoms with Gasteiger partial charge in [0, 0.05) is 30.9 Å². The Kier molecular flexibility index (Phi) is 5.91. The van der Waals surface area contributed by atoms with Crippen LogP contribution in [0.25, 0.3) is 10.2 Å². The molecule has 0 bridgehead atoms. The third-order valence-corrected chi connectivity index (χ3v) is 5.14. The van der Waals surface area contributed by atoms with Gasteiger partial charge in [-0.1, -0.05) is 11.3 Å². The average molecular weight is 394 g/mol. The van der Waals surface area contributed by atoms with Crippen molar-refractivity contribution >= 4 is 43.7 Å². The highest BCUT2D eigenvalue weighted by molar-refractivity contribution is 7.21. The van der Waals surface area contributed by atoms with Gasteiger partial charge in [0.05, 0.1) is 33.3 Å². The molecule has 0 fully saturated rings. The lowest BCUT2D eigenvalue weighted by atomic mass is 10.1. The maximum Gasteiger partial charge on any atom is 0.270 e. The summed E-state index contributed by atoms with van der Waals surface area (Å²) >= 11 is 1.26. The van der Waals surface area contributed by atoms with E-state index in [4.69, 9.17) is 5.26 Å². The molecule has 0 N–H and O–H groups in total. The van der Waals surface area contributed by atoms with Gasteiger partial charge in [0.1, 0.15) is 0 Å². The van der Waals surface area contributed by atoms with Crippen LogP contribution >= 0.6 is 11.3 Å². The number of hydrogen-bond acceptors (Lipinski definition) is 8. The van der Waals surface area contributed by atoms with Crippen molar-refractivity contribution < 1.29 is 4.92 Å². The fourth-order valence-corrected chi connectivity index (χ4v) is 3.58. The molecule has 0 aliphatic carbocycles. The SMILES string of the molecule is CCN(CCC#N)c1ccc(N=Nc2nc3ccc([N+](=O)[O-])cc3s2)c(C)c1. The fourth-order valence-electron chi connectivity index (χ4n) is 2.76. The van der Waals surface area contributed by atoms with Crippen molar-refractivity contribution in [3.8, 4) is 6.07 Å². The molecular formula is C19H18N6O2S. The number of thiazole rings is 1. The highest BCUT2D eigenvalue weighted by atomic mass is 32.1. The molecule has 28 heavy (non-hydrogen) atoms. The monoisotopic (exact) mass is 394 g/mol. The number of non-ortho nitro benzene ring substituents is 1. The molecule has 0 saturated carbocycles. The van der Waals surface area contributed by atoms with Gasteiger partial charge in [-0.2, -0.15) is 5.26 Å². The lowest BCUT2D eigenvalue weighted by Crippen LogP contribution is -2.23. The van der Waals surface area contributed by atoms with Crippen LogP contribution in [0.5, 0.6) is 0 Å². The van der Waals surface area contributed by atoms with Crippen molar-refractivity contribution in [2.24, 2.45) is 10.2 Å². The standard InChI is InChI=1S/C19H18N6O2S/c1-3-24(10-4-9-20)14-5-7-16(13(2)11-14)22-23-19-21-17-8-6-15(25(26)27)12-18(17)28-19/h5-8,11-12H,3-4,10H2,1-2H3. The summed E-state index contributed by atoms with van der Waals surface area (Å²) in [4.78, 5) is 16.9. The van der Waals surface area contributed by atoms with Gasteiger partial charge in [0.2, 0.25) is 5.13 Å². The number of hydrogen-bond donors (Lipinski definition) is 0. The molecule has 8 nitrogen and oxygen atoms in total. The van der Waals surface area contributed by atoms with Crippen LogP contribution in [0.2, 0.25) is 0 Å². The Morgan fingerprint density at radius 3 is 2.79 bits per heavy atom. The number of rotatable bonds is 7. The minimum Gasteiger partial charge on any atom is -0.371 e. The zero-order chi connectivity index (χ0) is 20.1. The summed E-state index contributed by atoms with van der Waals surface area (Å²) in [6, 6.07) is 12.6. The summed E-state index contributed by atoms with van der Waals surface area (Å²) in [6.45, 7) is 5.51. The summed E-state index contributed by atoms with van der Waals surface area (Å²) < 4.78 is 0.700. The topological polar surface area (TPSA) is 108 Å². The summed E-state index contributed by atoms with van der Waals surface area (Å²) in [7, 11) is 0. The third-order valence-electron chi connectivity index (χ3n) is 4.24. The van der Waals surface area contributed by atoms with E-state index in [2.05, 4.69) is 33.1 Å². The van der Waals surface area contributed by atoms with Gasteiger partial charge < -0.3 is 4.90 Å². The highest BCUT2D eigenvalue weighted by Gasteiger charge is 2.10. The second-order valence-corrected chi connectivity index (χ2v) is 7.07. The second-order valence-electron chi connectivity index (χ2n) is 6.06. The predicted octanol–water partition coefficient (Wildman–Crippen LogP) is 5.67. The predicted molar refractivity (Wildman–Crippen MR) is 110 cm³/mol. The number of nitrogens with zero attached hydrogens (tertiary/aromatic N) is 6. The first-order valence-electron chi connectivity index (χ1n) is 8.71. The molecule has 0 amide bonds. The van der Waals surface area contributed by atoms with E-state index in [1.165, 1.54) is 23.5 Å². The maximum absolute atomic E-state index is 10.9. The van der Waals surface area contributed by atoms with Gasteiger partial charge in [-0.15, -0.1) is 10.2 Å². The lowest BCUT2D eigenvalue weighted by molar-refractivity contribution is -0.384. The van der Waals surface area contributed by atoms with Crippen molar-refractivity contribution in [3.05, 3.63) is 52.1 Å². The molecule has 9 heteroatoms. The van der Waals surface area contributed by atoms with E-state index in [0.29, 0.717) is 28.3 Å². The van der Waals surface area contributed by atoms with Gasteiger partial charge >= 0.3 is 0 Å².